The number of hydrogen-bond donors (Lipinski definition) is 2. The first-order valence-corrected chi connectivity index (χ1v) is 8.70. The lowest BCUT2D eigenvalue weighted by atomic mass is 10.1. The molecular weight excluding hydrogens is 354 g/mol. The molecule has 1 saturated heterocycles. The summed E-state index contributed by atoms with van der Waals surface area (Å²) in [6.07, 6.45) is 2.37. The quantitative estimate of drug-likeness (QED) is 0.811. The molecule has 0 spiro atoms. The van der Waals surface area contributed by atoms with Crippen LogP contribution < -0.4 is 15.5 Å². The fourth-order valence-electron chi connectivity index (χ4n) is 2.76. The number of halogens is 1. The van der Waals surface area contributed by atoms with Gasteiger partial charge in [-0.2, -0.15) is 0 Å². The van der Waals surface area contributed by atoms with Crippen molar-refractivity contribution in [1.29, 1.82) is 0 Å². The number of rotatable bonds is 3. The van der Waals surface area contributed by atoms with Crippen LogP contribution in [0.3, 0.4) is 0 Å². The monoisotopic (exact) mass is 371 g/mol. The molecule has 0 atom stereocenters. The number of nitrogens with zero attached hydrogens (tertiary/aromatic N) is 1. The molecule has 3 rings (SSSR count). The van der Waals surface area contributed by atoms with Crippen LogP contribution in [0.4, 0.5) is 17.1 Å². The molecule has 0 unspecified atom stereocenters. The highest BCUT2D eigenvalue weighted by Crippen LogP contribution is 2.24. The maximum atomic E-state index is 12.1. The summed E-state index contributed by atoms with van der Waals surface area (Å²) in [4.78, 5) is 37.9. The van der Waals surface area contributed by atoms with E-state index in [0.29, 0.717) is 35.1 Å². The Bertz CT molecular complexity index is 853. The van der Waals surface area contributed by atoms with Gasteiger partial charge in [0.2, 0.25) is 5.91 Å². The molecule has 26 heavy (non-hydrogen) atoms. The highest BCUT2D eigenvalue weighted by Gasteiger charge is 2.20. The number of nitrogens with one attached hydrogen (secondary N) is 2. The van der Waals surface area contributed by atoms with E-state index in [2.05, 4.69) is 10.6 Å². The van der Waals surface area contributed by atoms with Gasteiger partial charge < -0.3 is 15.5 Å². The summed E-state index contributed by atoms with van der Waals surface area (Å²) in [7, 11) is 0. The van der Waals surface area contributed by atoms with Gasteiger partial charge in [-0.25, -0.2) is 0 Å². The lowest BCUT2D eigenvalue weighted by Crippen LogP contribution is -2.35. The number of anilines is 3. The van der Waals surface area contributed by atoms with Crippen LogP contribution in [0.5, 0.6) is 0 Å². The maximum absolute atomic E-state index is 12.1. The Labute approximate surface area is 156 Å². The third kappa shape index (κ3) is 4.21. The Kier molecular flexibility index (Phi) is 5.53. The molecule has 0 bridgehead atoms. The molecule has 2 aromatic rings. The van der Waals surface area contributed by atoms with E-state index in [-0.39, 0.29) is 5.91 Å². The first-order chi connectivity index (χ1) is 12.5. The van der Waals surface area contributed by atoms with Gasteiger partial charge in [0.1, 0.15) is 0 Å². The Morgan fingerprint density at radius 3 is 2.50 bits per heavy atom. The molecule has 0 aromatic heterocycles. The zero-order chi connectivity index (χ0) is 18.5. The minimum atomic E-state index is -0.822. The fraction of sp³-hybridized carbons (Fsp3) is 0.211. The van der Waals surface area contributed by atoms with Gasteiger partial charge in [0.25, 0.3) is 0 Å². The lowest BCUT2D eigenvalue weighted by Gasteiger charge is -2.27. The van der Waals surface area contributed by atoms with Crippen LogP contribution in [0.2, 0.25) is 5.02 Å². The van der Waals surface area contributed by atoms with Crippen molar-refractivity contribution in [1.82, 2.24) is 0 Å². The summed E-state index contributed by atoms with van der Waals surface area (Å²) < 4.78 is 0. The molecule has 2 aromatic carbocycles. The van der Waals surface area contributed by atoms with Gasteiger partial charge in [0, 0.05) is 24.3 Å². The zero-order valence-electron chi connectivity index (χ0n) is 14.0. The van der Waals surface area contributed by atoms with E-state index in [9.17, 15) is 14.4 Å². The van der Waals surface area contributed by atoms with Crippen molar-refractivity contribution >= 4 is 46.4 Å². The van der Waals surface area contributed by atoms with Crippen LogP contribution in [-0.2, 0) is 14.4 Å². The average Bonchev–Trinajstić information content (AvgIpc) is 2.64. The van der Waals surface area contributed by atoms with Gasteiger partial charge in [0.05, 0.1) is 10.7 Å². The van der Waals surface area contributed by atoms with Crippen molar-refractivity contribution in [2.75, 3.05) is 22.1 Å². The van der Waals surface area contributed by atoms with Crippen molar-refractivity contribution in [2.45, 2.75) is 19.3 Å². The molecule has 1 fully saturated rings. The standard InChI is InChI=1S/C19H18ClN3O3/c20-15-8-1-2-9-16(15)22-19(26)18(25)21-13-6-5-7-14(12-13)23-11-4-3-10-17(23)24/h1-2,5-9,12H,3-4,10-11H2,(H,21,25)(H,22,26). The number of piperidine rings is 1. The highest BCUT2D eigenvalue weighted by atomic mass is 35.5. The van der Waals surface area contributed by atoms with E-state index in [4.69, 9.17) is 11.6 Å². The summed E-state index contributed by atoms with van der Waals surface area (Å²) in [5, 5.41) is 5.36. The van der Waals surface area contributed by atoms with E-state index >= 15 is 0 Å². The number of benzene rings is 2. The predicted octanol–water partition coefficient (Wildman–Crippen LogP) is 3.43. The Balaban J connectivity index is 1.67. The van der Waals surface area contributed by atoms with Crippen LogP contribution >= 0.6 is 11.6 Å². The Hall–Kier alpha value is -2.86. The minimum absolute atomic E-state index is 0.0659. The molecule has 1 aliphatic rings. The summed E-state index contributed by atoms with van der Waals surface area (Å²) in [6, 6.07) is 13.6. The Morgan fingerprint density at radius 2 is 1.73 bits per heavy atom. The average molecular weight is 372 g/mol. The van der Waals surface area contributed by atoms with E-state index in [1.807, 2.05) is 6.07 Å². The number of para-hydroxylation sites is 1. The predicted molar refractivity (Wildman–Crippen MR) is 101 cm³/mol. The number of amides is 3. The molecule has 1 heterocycles. The summed E-state index contributed by atoms with van der Waals surface area (Å²) in [5.74, 6) is -1.57. The molecular formula is C19H18ClN3O3. The molecule has 0 aliphatic carbocycles. The van der Waals surface area contributed by atoms with Crippen LogP contribution in [0.1, 0.15) is 19.3 Å². The maximum Gasteiger partial charge on any atom is 0.314 e. The van der Waals surface area contributed by atoms with Crippen molar-refractivity contribution in [2.24, 2.45) is 0 Å². The number of carbonyl (C=O) groups excluding carboxylic acids is 3. The Morgan fingerprint density at radius 1 is 0.962 bits per heavy atom. The van der Waals surface area contributed by atoms with E-state index in [0.717, 1.165) is 12.8 Å². The smallest absolute Gasteiger partial charge is 0.314 e. The second-order valence-electron chi connectivity index (χ2n) is 5.94. The number of hydrogen-bond acceptors (Lipinski definition) is 3. The van der Waals surface area contributed by atoms with E-state index < -0.39 is 11.8 Å². The van der Waals surface area contributed by atoms with Crippen molar-refractivity contribution in [3.8, 4) is 0 Å². The second-order valence-corrected chi connectivity index (χ2v) is 6.35. The molecule has 0 radical (unpaired) electrons. The zero-order valence-corrected chi connectivity index (χ0v) is 14.8. The third-order valence-electron chi connectivity index (χ3n) is 4.07. The van der Waals surface area contributed by atoms with Crippen molar-refractivity contribution in [3.05, 3.63) is 53.6 Å². The number of carbonyl (C=O) groups is 3. The normalized spacial score (nSPS) is 14.0. The summed E-state index contributed by atoms with van der Waals surface area (Å²) >= 11 is 5.97. The summed E-state index contributed by atoms with van der Waals surface area (Å²) in [6.45, 7) is 0.656. The highest BCUT2D eigenvalue weighted by molar-refractivity contribution is 6.44. The van der Waals surface area contributed by atoms with Crippen LogP contribution in [0.15, 0.2) is 48.5 Å². The second kappa shape index (κ2) is 8.01. The molecule has 7 heteroatoms. The topological polar surface area (TPSA) is 78.5 Å². The van der Waals surface area contributed by atoms with Crippen LogP contribution in [0.25, 0.3) is 0 Å². The molecule has 1 aliphatic heterocycles. The van der Waals surface area contributed by atoms with E-state index in [1.54, 1.807) is 47.4 Å². The third-order valence-corrected chi connectivity index (χ3v) is 4.40. The van der Waals surface area contributed by atoms with Gasteiger partial charge >= 0.3 is 11.8 Å². The van der Waals surface area contributed by atoms with Gasteiger partial charge in [0.15, 0.2) is 0 Å². The first-order valence-electron chi connectivity index (χ1n) is 8.32. The van der Waals surface area contributed by atoms with Gasteiger partial charge in [-0.15, -0.1) is 0 Å². The summed E-state index contributed by atoms with van der Waals surface area (Å²) in [5.41, 5.74) is 1.51. The minimum Gasteiger partial charge on any atom is -0.318 e. The van der Waals surface area contributed by atoms with Gasteiger partial charge in [-0.05, 0) is 43.2 Å². The van der Waals surface area contributed by atoms with Crippen LogP contribution in [0, 0.1) is 0 Å². The molecule has 2 N–H and O–H groups in total. The fourth-order valence-corrected chi connectivity index (χ4v) is 2.94. The molecule has 6 nitrogen and oxygen atoms in total. The van der Waals surface area contributed by atoms with E-state index in [1.165, 1.54) is 0 Å². The first kappa shape index (κ1) is 17.9. The molecule has 3 amide bonds. The lowest BCUT2D eigenvalue weighted by molar-refractivity contribution is -0.132. The molecule has 0 saturated carbocycles. The van der Waals surface area contributed by atoms with Crippen molar-refractivity contribution in [3.63, 3.8) is 0 Å². The van der Waals surface area contributed by atoms with Crippen LogP contribution in [-0.4, -0.2) is 24.3 Å². The van der Waals surface area contributed by atoms with Crippen molar-refractivity contribution < 1.29 is 14.4 Å². The van der Waals surface area contributed by atoms with Gasteiger partial charge in [-0.1, -0.05) is 29.8 Å². The largest absolute Gasteiger partial charge is 0.318 e. The van der Waals surface area contributed by atoms with Gasteiger partial charge in [-0.3, -0.25) is 14.4 Å². The SMILES string of the molecule is O=C(Nc1cccc(N2CCCCC2=O)c1)C(=O)Nc1ccccc1Cl. The molecule has 134 valence electrons.